The number of carbonyl (C=O) groups excluding carboxylic acids is 2. The van der Waals surface area contributed by atoms with Gasteiger partial charge >= 0.3 is 0 Å². The Morgan fingerprint density at radius 1 is 0.939 bits per heavy atom. The minimum absolute atomic E-state index is 0.0242. The van der Waals surface area contributed by atoms with Gasteiger partial charge in [0.25, 0.3) is 5.91 Å². The second-order valence-electron chi connectivity index (χ2n) is 7.72. The van der Waals surface area contributed by atoms with E-state index in [2.05, 4.69) is 15.2 Å². The van der Waals surface area contributed by atoms with Gasteiger partial charge in [0.05, 0.1) is 22.8 Å². The maximum absolute atomic E-state index is 13.3. The zero-order chi connectivity index (χ0) is 23.0. The van der Waals surface area contributed by atoms with E-state index in [1.54, 1.807) is 24.4 Å². The van der Waals surface area contributed by atoms with E-state index in [1.807, 2.05) is 53.4 Å². The average molecular weight is 481 g/mol. The first-order chi connectivity index (χ1) is 16.1. The van der Waals surface area contributed by atoms with E-state index < -0.39 is 0 Å². The smallest absolute Gasteiger partial charge is 0.256 e. The van der Waals surface area contributed by atoms with Gasteiger partial charge in [0, 0.05) is 37.3 Å². The molecule has 1 aliphatic heterocycles. The molecule has 0 aliphatic carbocycles. The van der Waals surface area contributed by atoms with E-state index in [4.69, 9.17) is 11.6 Å². The molecule has 2 amide bonds. The fourth-order valence-electron chi connectivity index (χ4n) is 3.69. The van der Waals surface area contributed by atoms with E-state index in [-0.39, 0.29) is 18.4 Å². The highest BCUT2D eigenvalue weighted by Gasteiger charge is 2.24. The lowest BCUT2D eigenvalue weighted by molar-refractivity contribution is -0.117. The number of nitrogens with one attached hydrogen (secondary N) is 1. The number of hydrogen-bond donors (Lipinski definition) is 1. The summed E-state index contributed by atoms with van der Waals surface area (Å²) in [7, 11) is 0. The van der Waals surface area contributed by atoms with Crippen LogP contribution in [0.15, 0.2) is 82.8 Å². The third kappa shape index (κ3) is 6.35. The van der Waals surface area contributed by atoms with E-state index >= 15 is 0 Å². The Morgan fingerprint density at radius 3 is 2.55 bits per heavy atom. The van der Waals surface area contributed by atoms with Crippen molar-refractivity contribution >= 4 is 40.9 Å². The molecule has 6 nitrogen and oxygen atoms in total. The van der Waals surface area contributed by atoms with Crippen LogP contribution < -0.4 is 5.32 Å². The summed E-state index contributed by atoms with van der Waals surface area (Å²) >= 11 is 7.62. The molecule has 8 heteroatoms. The Kier molecular flexibility index (Phi) is 7.99. The van der Waals surface area contributed by atoms with Crippen LogP contribution in [0, 0.1) is 0 Å². The molecule has 0 bridgehead atoms. The molecule has 2 aromatic carbocycles. The maximum Gasteiger partial charge on any atom is 0.256 e. The van der Waals surface area contributed by atoms with Gasteiger partial charge < -0.3 is 10.2 Å². The van der Waals surface area contributed by atoms with Crippen molar-refractivity contribution in [3.63, 3.8) is 0 Å². The number of anilines is 1. The summed E-state index contributed by atoms with van der Waals surface area (Å²) in [6, 6.07) is 20.7. The first kappa shape index (κ1) is 23.3. The van der Waals surface area contributed by atoms with Gasteiger partial charge in [-0.1, -0.05) is 53.7 Å². The number of rotatable bonds is 6. The quantitative estimate of drug-likeness (QED) is 0.555. The van der Waals surface area contributed by atoms with Crippen molar-refractivity contribution < 1.29 is 9.59 Å². The molecule has 1 aliphatic rings. The summed E-state index contributed by atoms with van der Waals surface area (Å²) in [5.74, 6) is -0.138. The second-order valence-corrected chi connectivity index (χ2v) is 9.19. The number of nitrogens with zero attached hydrogens (tertiary/aromatic N) is 3. The zero-order valence-electron chi connectivity index (χ0n) is 18.1. The zero-order valence-corrected chi connectivity index (χ0v) is 19.7. The summed E-state index contributed by atoms with van der Waals surface area (Å²) in [6.07, 6.45) is 2.51. The van der Waals surface area contributed by atoms with Gasteiger partial charge in [-0.25, -0.2) is 4.98 Å². The molecule has 0 saturated carbocycles. The predicted octanol–water partition coefficient (Wildman–Crippen LogP) is 4.67. The molecule has 0 atom stereocenters. The average Bonchev–Trinajstić information content (AvgIpc) is 3.07. The first-order valence-corrected chi connectivity index (χ1v) is 12.0. The molecule has 4 rings (SSSR count). The molecule has 1 saturated heterocycles. The van der Waals surface area contributed by atoms with Crippen LogP contribution in [0.3, 0.4) is 0 Å². The van der Waals surface area contributed by atoms with Gasteiger partial charge in [0.15, 0.2) is 0 Å². The molecule has 170 valence electrons. The fourth-order valence-corrected chi connectivity index (χ4v) is 4.77. The van der Waals surface area contributed by atoms with E-state index in [1.165, 1.54) is 11.8 Å². The summed E-state index contributed by atoms with van der Waals surface area (Å²) in [6.45, 7) is 2.84. The molecule has 1 fully saturated rings. The number of halogens is 1. The van der Waals surface area contributed by atoms with Crippen LogP contribution in [0.25, 0.3) is 0 Å². The molecule has 0 radical (unpaired) electrons. The Hall–Kier alpha value is -2.87. The largest absolute Gasteiger partial charge is 0.337 e. The van der Waals surface area contributed by atoms with E-state index in [0.29, 0.717) is 40.9 Å². The number of benzene rings is 2. The van der Waals surface area contributed by atoms with Crippen LogP contribution in [-0.4, -0.2) is 59.3 Å². The topological polar surface area (TPSA) is 65.5 Å². The molecule has 3 aromatic rings. The number of hydrogen-bond acceptors (Lipinski definition) is 5. The third-order valence-electron chi connectivity index (χ3n) is 5.35. The lowest BCUT2D eigenvalue weighted by Gasteiger charge is -2.22. The highest BCUT2D eigenvalue weighted by Crippen LogP contribution is 2.29. The minimum atomic E-state index is -0.114. The van der Waals surface area contributed by atoms with Crippen molar-refractivity contribution in [2.75, 3.05) is 38.0 Å². The van der Waals surface area contributed by atoms with Crippen molar-refractivity contribution in [3.05, 3.63) is 83.5 Å². The number of amides is 2. The number of carbonyl (C=O) groups is 2. The standard InChI is InChI=1S/C25H25ClN4O2S/c26-21-11-4-5-12-22(21)28-23(31)18-29-14-7-15-30(17-16-29)25(32)20-10-6-13-27-24(20)33-19-8-2-1-3-9-19/h1-6,8-13H,7,14-18H2,(H,28,31). The SMILES string of the molecule is O=C(CN1CCCN(C(=O)c2cccnc2Sc2ccccc2)CC1)Nc1ccccc1Cl. The van der Waals surface area contributed by atoms with Crippen molar-refractivity contribution in [1.82, 2.24) is 14.8 Å². The highest BCUT2D eigenvalue weighted by molar-refractivity contribution is 7.99. The third-order valence-corrected chi connectivity index (χ3v) is 6.71. The van der Waals surface area contributed by atoms with Gasteiger partial charge in [-0.05, 0) is 42.8 Å². The van der Waals surface area contributed by atoms with E-state index in [0.717, 1.165) is 17.9 Å². The van der Waals surface area contributed by atoms with Crippen LogP contribution in [-0.2, 0) is 4.79 Å². The lowest BCUT2D eigenvalue weighted by Crippen LogP contribution is -2.38. The van der Waals surface area contributed by atoms with Gasteiger partial charge in [-0.3, -0.25) is 14.5 Å². The van der Waals surface area contributed by atoms with Crippen molar-refractivity contribution in [3.8, 4) is 0 Å². The van der Waals surface area contributed by atoms with Gasteiger partial charge in [0.2, 0.25) is 5.91 Å². The molecule has 2 heterocycles. The fraction of sp³-hybridized carbons (Fsp3) is 0.240. The molecule has 1 N–H and O–H groups in total. The normalized spacial score (nSPS) is 14.5. The molecule has 0 spiro atoms. The number of aromatic nitrogens is 1. The summed E-state index contributed by atoms with van der Waals surface area (Å²) < 4.78 is 0. The Bertz CT molecular complexity index is 1110. The summed E-state index contributed by atoms with van der Waals surface area (Å²) in [5, 5.41) is 4.08. The Labute approximate surface area is 202 Å². The van der Waals surface area contributed by atoms with Crippen LogP contribution in [0.2, 0.25) is 5.02 Å². The molecule has 1 aromatic heterocycles. The maximum atomic E-state index is 13.3. The second kappa shape index (κ2) is 11.3. The first-order valence-electron chi connectivity index (χ1n) is 10.8. The van der Waals surface area contributed by atoms with Crippen molar-refractivity contribution in [1.29, 1.82) is 0 Å². The number of para-hydroxylation sites is 1. The lowest BCUT2D eigenvalue weighted by atomic mass is 10.2. The van der Waals surface area contributed by atoms with Crippen molar-refractivity contribution in [2.24, 2.45) is 0 Å². The molecule has 0 unspecified atom stereocenters. The Morgan fingerprint density at radius 2 is 1.73 bits per heavy atom. The summed E-state index contributed by atoms with van der Waals surface area (Å²) in [4.78, 5) is 35.3. The van der Waals surface area contributed by atoms with Crippen molar-refractivity contribution in [2.45, 2.75) is 16.3 Å². The Balaban J connectivity index is 1.36. The highest BCUT2D eigenvalue weighted by atomic mass is 35.5. The predicted molar refractivity (Wildman–Crippen MR) is 132 cm³/mol. The van der Waals surface area contributed by atoms with Crippen LogP contribution >= 0.6 is 23.4 Å². The van der Waals surface area contributed by atoms with Gasteiger partial charge in [-0.2, -0.15) is 0 Å². The van der Waals surface area contributed by atoms with Crippen LogP contribution in [0.4, 0.5) is 5.69 Å². The van der Waals surface area contributed by atoms with Crippen LogP contribution in [0.5, 0.6) is 0 Å². The molecule has 33 heavy (non-hydrogen) atoms. The number of pyridine rings is 1. The summed E-state index contributed by atoms with van der Waals surface area (Å²) in [5.41, 5.74) is 1.21. The van der Waals surface area contributed by atoms with Gasteiger partial charge in [-0.15, -0.1) is 0 Å². The molecular weight excluding hydrogens is 456 g/mol. The van der Waals surface area contributed by atoms with E-state index in [9.17, 15) is 9.59 Å². The molecular formula is C25H25ClN4O2S. The van der Waals surface area contributed by atoms with Crippen LogP contribution in [0.1, 0.15) is 16.8 Å². The minimum Gasteiger partial charge on any atom is -0.337 e. The monoisotopic (exact) mass is 480 g/mol. The van der Waals surface area contributed by atoms with Gasteiger partial charge in [0.1, 0.15) is 5.03 Å².